The van der Waals surface area contributed by atoms with Gasteiger partial charge in [-0.05, 0) is 59.5 Å². The average Bonchev–Trinajstić information content (AvgIpc) is 2.90. The SMILES string of the molecule is CC(CCOC1(C(=O)O)C=CC(c2ccccc2)=CC1)Oc1ccc(-c2ccc(C(=O)O)cc2)cc1. The topological polar surface area (TPSA) is 93.1 Å². The summed E-state index contributed by atoms with van der Waals surface area (Å²) in [6, 6.07) is 24.1. The number of rotatable bonds is 10. The molecule has 0 spiro atoms. The Kier molecular flexibility index (Phi) is 7.66. The number of hydrogen-bond donors (Lipinski definition) is 2. The van der Waals surface area contributed by atoms with Gasteiger partial charge in [-0.3, -0.25) is 0 Å². The predicted octanol–water partition coefficient (Wildman–Crippen LogP) is 6.09. The minimum atomic E-state index is -1.38. The zero-order valence-electron chi connectivity index (χ0n) is 20.0. The number of benzene rings is 3. The van der Waals surface area contributed by atoms with Crippen LogP contribution in [0.1, 0.15) is 35.7 Å². The molecule has 1 aliphatic carbocycles. The number of carboxylic acids is 2. The molecule has 0 saturated carbocycles. The quantitative estimate of drug-likeness (QED) is 0.362. The lowest BCUT2D eigenvalue weighted by atomic mass is 9.89. The fraction of sp³-hybridized carbons (Fsp3) is 0.200. The maximum Gasteiger partial charge on any atom is 0.340 e. The summed E-state index contributed by atoms with van der Waals surface area (Å²) in [5.74, 6) is -1.28. The first kappa shape index (κ1) is 24.9. The molecule has 2 N–H and O–H groups in total. The van der Waals surface area contributed by atoms with E-state index in [4.69, 9.17) is 14.6 Å². The Balaban J connectivity index is 1.29. The van der Waals surface area contributed by atoms with E-state index in [0.29, 0.717) is 12.2 Å². The number of ether oxygens (including phenoxy) is 2. The third-order valence-corrected chi connectivity index (χ3v) is 6.17. The van der Waals surface area contributed by atoms with Crippen molar-refractivity contribution in [2.75, 3.05) is 6.61 Å². The van der Waals surface area contributed by atoms with E-state index < -0.39 is 17.5 Å². The molecule has 184 valence electrons. The van der Waals surface area contributed by atoms with Crippen molar-refractivity contribution in [3.8, 4) is 16.9 Å². The van der Waals surface area contributed by atoms with Crippen LogP contribution in [0.2, 0.25) is 0 Å². The minimum Gasteiger partial charge on any atom is -0.491 e. The number of aliphatic carboxylic acids is 1. The summed E-state index contributed by atoms with van der Waals surface area (Å²) in [7, 11) is 0. The molecule has 0 bridgehead atoms. The fourth-order valence-corrected chi connectivity index (χ4v) is 4.02. The summed E-state index contributed by atoms with van der Waals surface area (Å²) in [6.45, 7) is 2.15. The van der Waals surface area contributed by atoms with Crippen molar-refractivity contribution >= 4 is 17.5 Å². The van der Waals surface area contributed by atoms with Gasteiger partial charge >= 0.3 is 11.9 Å². The molecule has 6 nitrogen and oxygen atoms in total. The Hall–Kier alpha value is -4.16. The molecule has 0 heterocycles. The second-order valence-corrected chi connectivity index (χ2v) is 8.73. The van der Waals surface area contributed by atoms with E-state index >= 15 is 0 Å². The van der Waals surface area contributed by atoms with Gasteiger partial charge in [-0.25, -0.2) is 9.59 Å². The van der Waals surface area contributed by atoms with Crippen LogP contribution in [0.4, 0.5) is 0 Å². The van der Waals surface area contributed by atoms with Gasteiger partial charge in [0.1, 0.15) is 5.75 Å². The lowest BCUT2D eigenvalue weighted by Gasteiger charge is -2.29. The molecule has 0 aromatic heterocycles. The molecule has 0 saturated heterocycles. The van der Waals surface area contributed by atoms with Crippen LogP contribution in [0.25, 0.3) is 16.7 Å². The molecule has 3 aromatic carbocycles. The van der Waals surface area contributed by atoms with Crippen molar-refractivity contribution in [1.29, 1.82) is 0 Å². The summed E-state index contributed by atoms with van der Waals surface area (Å²) in [5.41, 5.74) is 2.75. The molecule has 2 atom stereocenters. The van der Waals surface area contributed by atoms with Crippen LogP contribution in [-0.2, 0) is 9.53 Å². The average molecular weight is 485 g/mol. The molecule has 6 heteroatoms. The van der Waals surface area contributed by atoms with Crippen LogP contribution in [-0.4, -0.2) is 40.5 Å². The van der Waals surface area contributed by atoms with Crippen molar-refractivity contribution in [3.63, 3.8) is 0 Å². The van der Waals surface area contributed by atoms with Gasteiger partial charge in [-0.2, -0.15) is 0 Å². The van der Waals surface area contributed by atoms with Gasteiger partial charge in [0.25, 0.3) is 0 Å². The van der Waals surface area contributed by atoms with Gasteiger partial charge in [-0.15, -0.1) is 0 Å². The Morgan fingerprint density at radius 2 is 1.53 bits per heavy atom. The maximum absolute atomic E-state index is 12.0. The largest absolute Gasteiger partial charge is 0.491 e. The lowest BCUT2D eigenvalue weighted by Crippen LogP contribution is -2.41. The van der Waals surface area contributed by atoms with Crippen LogP contribution in [0, 0.1) is 0 Å². The highest BCUT2D eigenvalue weighted by molar-refractivity contribution is 5.88. The van der Waals surface area contributed by atoms with Crippen LogP contribution in [0.5, 0.6) is 5.75 Å². The van der Waals surface area contributed by atoms with E-state index in [2.05, 4.69) is 0 Å². The van der Waals surface area contributed by atoms with Crippen LogP contribution in [0.3, 0.4) is 0 Å². The van der Waals surface area contributed by atoms with Crippen LogP contribution in [0.15, 0.2) is 97.1 Å². The number of carbonyl (C=O) groups is 2. The molecule has 4 rings (SSSR count). The zero-order chi connectivity index (χ0) is 25.5. The number of allylic oxidation sites excluding steroid dienone is 2. The molecule has 3 aromatic rings. The van der Waals surface area contributed by atoms with E-state index in [1.807, 2.05) is 73.7 Å². The summed E-state index contributed by atoms with van der Waals surface area (Å²) in [6.07, 6.45) is 5.94. The summed E-state index contributed by atoms with van der Waals surface area (Å²) in [4.78, 5) is 23.0. The molecule has 0 amide bonds. The summed E-state index contributed by atoms with van der Waals surface area (Å²) >= 11 is 0. The van der Waals surface area contributed by atoms with E-state index in [1.54, 1.807) is 30.3 Å². The zero-order valence-corrected chi connectivity index (χ0v) is 20.0. The maximum atomic E-state index is 12.0. The van der Waals surface area contributed by atoms with Gasteiger partial charge in [0, 0.05) is 12.8 Å². The second-order valence-electron chi connectivity index (χ2n) is 8.73. The molecule has 0 aliphatic heterocycles. The Morgan fingerprint density at radius 3 is 2.08 bits per heavy atom. The van der Waals surface area contributed by atoms with Crippen molar-refractivity contribution in [2.45, 2.75) is 31.5 Å². The third kappa shape index (κ3) is 5.90. The summed E-state index contributed by atoms with van der Waals surface area (Å²) < 4.78 is 11.9. The molecule has 1 aliphatic rings. The van der Waals surface area contributed by atoms with Crippen molar-refractivity contribution in [3.05, 3.63) is 108 Å². The van der Waals surface area contributed by atoms with Gasteiger partial charge in [0.05, 0.1) is 18.3 Å². The molecular formula is C30H28O6. The standard InChI is InChI=1S/C30H28O6/c1-21(36-27-13-11-24(12-14-27)23-7-9-26(10-8-23)28(31)32)17-20-35-30(29(33)34)18-15-25(16-19-30)22-5-3-2-4-6-22/h2-16,18,21H,17,19-20H2,1H3,(H,31,32)(H,33,34). The van der Waals surface area contributed by atoms with Crippen LogP contribution < -0.4 is 4.74 Å². The first-order valence-corrected chi connectivity index (χ1v) is 11.8. The first-order valence-electron chi connectivity index (χ1n) is 11.8. The number of aromatic carboxylic acids is 1. The highest BCUT2D eigenvalue weighted by Gasteiger charge is 2.38. The minimum absolute atomic E-state index is 0.181. The molecule has 0 fully saturated rings. The van der Waals surface area contributed by atoms with Crippen molar-refractivity contribution in [2.24, 2.45) is 0 Å². The lowest BCUT2D eigenvalue weighted by molar-refractivity contribution is -0.159. The third-order valence-electron chi connectivity index (χ3n) is 6.17. The molecular weight excluding hydrogens is 456 g/mol. The van der Waals surface area contributed by atoms with E-state index in [-0.39, 0.29) is 24.7 Å². The van der Waals surface area contributed by atoms with Gasteiger partial charge < -0.3 is 19.7 Å². The van der Waals surface area contributed by atoms with E-state index in [0.717, 1.165) is 22.3 Å². The molecule has 0 radical (unpaired) electrons. The number of carboxylic acid groups (broad SMARTS) is 2. The van der Waals surface area contributed by atoms with Gasteiger partial charge in [0.15, 0.2) is 5.60 Å². The van der Waals surface area contributed by atoms with E-state index in [1.165, 1.54) is 0 Å². The smallest absolute Gasteiger partial charge is 0.340 e. The van der Waals surface area contributed by atoms with Gasteiger partial charge in [0.2, 0.25) is 0 Å². The predicted molar refractivity (Wildman–Crippen MR) is 138 cm³/mol. The highest BCUT2D eigenvalue weighted by atomic mass is 16.5. The van der Waals surface area contributed by atoms with E-state index in [9.17, 15) is 14.7 Å². The Bertz CT molecular complexity index is 1260. The monoisotopic (exact) mass is 484 g/mol. The summed E-state index contributed by atoms with van der Waals surface area (Å²) in [5, 5.41) is 18.9. The fourth-order valence-electron chi connectivity index (χ4n) is 4.02. The first-order chi connectivity index (χ1) is 17.4. The van der Waals surface area contributed by atoms with Crippen molar-refractivity contribution < 1.29 is 29.3 Å². The highest BCUT2D eigenvalue weighted by Crippen LogP contribution is 2.30. The normalized spacial score (nSPS) is 17.8. The Labute approximate surface area is 210 Å². The Morgan fingerprint density at radius 1 is 0.889 bits per heavy atom. The number of hydrogen-bond acceptors (Lipinski definition) is 4. The van der Waals surface area contributed by atoms with Crippen LogP contribution >= 0.6 is 0 Å². The second kappa shape index (κ2) is 11.1. The van der Waals surface area contributed by atoms with Crippen molar-refractivity contribution in [1.82, 2.24) is 0 Å². The molecule has 2 unspecified atom stereocenters. The molecule has 36 heavy (non-hydrogen) atoms. The van der Waals surface area contributed by atoms with Gasteiger partial charge in [-0.1, -0.05) is 66.7 Å².